The largest absolute Gasteiger partial charge is 0.339 e. The van der Waals surface area contributed by atoms with Gasteiger partial charge < -0.3 is 4.57 Å². The molecule has 0 bridgehead atoms. The third-order valence-corrected chi connectivity index (χ3v) is 5.30. The minimum atomic E-state index is 0.00362. The van der Waals surface area contributed by atoms with Gasteiger partial charge in [0.1, 0.15) is 0 Å². The van der Waals surface area contributed by atoms with Gasteiger partial charge >= 0.3 is 0 Å². The minimum Gasteiger partial charge on any atom is -0.339 e. The summed E-state index contributed by atoms with van der Waals surface area (Å²) in [7, 11) is 0. The SMILES string of the molecule is O=C1CCCc2c1c1c(n2Cc2ccccc2)-c2ccccc2C1=O. The second kappa shape index (κ2) is 5.28. The number of carbonyl (C=O) groups excluding carboxylic acids is 2. The molecule has 2 aromatic carbocycles. The third kappa shape index (κ3) is 1.99. The number of carbonyl (C=O) groups is 2. The maximum atomic E-state index is 13.0. The molecule has 2 aliphatic rings. The van der Waals surface area contributed by atoms with Gasteiger partial charge in [-0.3, -0.25) is 9.59 Å². The first-order valence-corrected chi connectivity index (χ1v) is 8.72. The van der Waals surface area contributed by atoms with Gasteiger partial charge in [-0.2, -0.15) is 0 Å². The molecule has 3 aromatic rings. The molecule has 0 unspecified atom stereocenters. The van der Waals surface area contributed by atoms with E-state index in [9.17, 15) is 9.59 Å². The van der Waals surface area contributed by atoms with Gasteiger partial charge in [0.2, 0.25) is 0 Å². The summed E-state index contributed by atoms with van der Waals surface area (Å²) < 4.78 is 2.21. The number of benzene rings is 2. The highest BCUT2D eigenvalue weighted by atomic mass is 16.1. The van der Waals surface area contributed by atoms with E-state index in [2.05, 4.69) is 16.7 Å². The van der Waals surface area contributed by atoms with Crippen LogP contribution in [0.5, 0.6) is 0 Å². The predicted molar refractivity (Wildman–Crippen MR) is 96.1 cm³/mol. The molecule has 25 heavy (non-hydrogen) atoms. The Labute approximate surface area is 145 Å². The standard InChI is InChI=1S/C22H17NO2/c24-18-12-6-11-17-19(18)20-21(15-9-4-5-10-16(15)22(20)25)23(17)13-14-7-2-1-3-8-14/h1-5,7-10H,6,11-13H2. The topological polar surface area (TPSA) is 39.1 Å². The van der Waals surface area contributed by atoms with Gasteiger partial charge in [-0.05, 0) is 18.4 Å². The van der Waals surface area contributed by atoms with Crippen molar-refractivity contribution in [2.75, 3.05) is 0 Å². The molecule has 122 valence electrons. The second-order valence-corrected chi connectivity index (χ2v) is 6.77. The predicted octanol–water partition coefficient (Wildman–Crippen LogP) is 4.27. The molecule has 0 atom stereocenters. The molecule has 1 aromatic heterocycles. The number of aromatic nitrogens is 1. The van der Waals surface area contributed by atoms with Crippen molar-refractivity contribution in [1.29, 1.82) is 0 Å². The molecule has 5 rings (SSSR count). The van der Waals surface area contributed by atoms with Crippen molar-refractivity contribution in [3.63, 3.8) is 0 Å². The lowest BCUT2D eigenvalue weighted by Crippen LogP contribution is -2.16. The fraction of sp³-hybridized carbons (Fsp3) is 0.182. The number of hydrogen-bond donors (Lipinski definition) is 0. The van der Waals surface area contributed by atoms with E-state index < -0.39 is 0 Å². The van der Waals surface area contributed by atoms with E-state index in [4.69, 9.17) is 0 Å². The van der Waals surface area contributed by atoms with Gasteiger partial charge in [-0.15, -0.1) is 0 Å². The van der Waals surface area contributed by atoms with Crippen molar-refractivity contribution in [3.8, 4) is 11.3 Å². The summed E-state index contributed by atoms with van der Waals surface area (Å²) in [4.78, 5) is 25.6. The van der Waals surface area contributed by atoms with E-state index in [1.165, 1.54) is 5.56 Å². The first-order valence-electron chi connectivity index (χ1n) is 8.72. The van der Waals surface area contributed by atoms with Gasteiger partial charge in [0, 0.05) is 29.8 Å². The number of hydrogen-bond acceptors (Lipinski definition) is 2. The fourth-order valence-corrected chi connectivity index (χ4v) is 4.23. The lowest BCUT2D eigenvalue weighted by molar-refractivity contribution is 0.0959. The molecule has 0 fully saturated rings. The highest BCUT2D eigenvalue weighted by Gasteiger charge is 2.38. The third-order valence-electron chi connectivity index (χ3n) is 5.30. The van der Waals surface area contributed by atoms with Crippen LogP contribution in [0.4, 0.5) is 0 Å². The molecule has 0 saturated heterocycles. The van der Waals surface area contributed by atoms with Gasteiger partial charge in [0.05, 0.1) is 16.8 Å². The number of fused-ring (bicyclic) bond motifs is 5. The molecule has 3 nitrogen and oxygen atoms in total. The van der Waals surface area contributed by atoms with Gasteiger partial charge in [0.25, 0.3) is 0 Å². The Balaban J connectivity index is 1.80. The summed E-state index contributed by atoms with van der Waals surface area (Å²) in [6, 6.07) is 17.9. The van der Waals surface area contributed by atoms with Crippen molar-refractivity contribution < 1.29 is 9.59 Å². The van der Waals surface area contributed by atoms with Crippen molar-refractivity contribution in [3.05, 3.63) is 82.5 Å². The quantitative estimate of drug-likeness (QED) is 0.551. The zero-order valence-corrected chi connectivity index (χ0v) is 13.8. The number of Topliss-reactive ketones (excluding diaryl/α,β-unsaturated/α-hetero) is 1. The summed E-state index contributed by atoms with van der Waals surface area (Å²) in [5.74, 6) is 0.120. The summed E-state index contributed by atoms with van der Waals surface area (Å²) in [5, 5.41) is 0. The van der Waals surface area contributed by atoms with Crippen LogP contribution in [0.3, 0.4) is 0 Å². The lowest BCUT2D eigenvalue weighted by Gasteiger charge is -2.17. The Morgan fingerprint density at radius 3 is 2.32 bits per heavy atom. The second-order valence-electron chi connectivity index (χ2n) is 6.77. The number of ketones is 2. The minimum absolute atomic E-state index is 0.00362. The van der Waals surface area contributed by atoms with Crippen LogP contribution >= 0.6 is 0 Å². The summed E-state index contributed by atoms with van der Waals surface area (Å²) >= 11 is 0. The van der Waals surface area contributed by atoms with Crippen LogP contribution < -0.4 is 0 Å². The van der Waals surface area contributed by atoms with Gasteiger partial charge in [0.15, 0.2) is 11.6 Å². The van der Waals surface area contributed by atoms with Gasteiger partial charge in [-0.1, -0.05) is 54.6 Å². The van der Waals surface area contributed by atoms with Crippen LogP contribution in [-0.4, -0.2) is 16.1 Å². The smallest absolute Gasteiger partial charge is 0.196 e. The number of rotatable bonds is 2. The normalized spacial score (nSPS) is 15.0. The monoisotopic (exact) mass is 327 g/mol. The number of nitrogens with zero attached hydrogens (tertiary/aromatic N) is 1. The molecule has 0 radical (unpaired) electrons. The molecule has 2 aliphatic carbocycles. The van der Waals surface area contributed by atoms with Crippen LogP contribution in [0.1, 0.15) is 50.4 Å². The zero-order valence-electron chi connectivity index (χ0n) is 13.8. The Hall–Kier alpha value is -2.94. The molecule has 0 saturated carbocycles. The van der Waals surface area contributed by atoms with Crippen molar-refractivity contribution in [1.82, 2.24) is 4.57 Å². The Kier molecular flexibility index (Phi) is 3.04. The van der Waals surface area contributed by atoms with Crippen molar-refractivity contribution in [2.24, 2.45) is 0 Å². The van der Waals surface area contributed by atoms with Crippen LogP contribution in [-0.2, 0) is 13.0 Å². The molecule has 0 amide bonds. The van der Waals surface area contributed by atoms with Crippen LogP contribution in [0.15, 0.2) is 54.6 Å². The average molecular weight is 327 g/mol. The molecule has 0 aliphatic heterocycles. The van der Waals surface area contributed by atoms with E-state index >= 15 is 0 Å². The Morgan fingerprint density at radius 2 is 1.52 bits per heavy atom. The molecule has 1 heterocycles. The zero-order chi connectivity index (χ0) is 17.0. The van der Waals surface area contributed by atoms with Crippen molar-refractivity contribution >= 4 is 11.6 Å². The molecular weight excluding hydrogens is 310 g/mol. The van der Waals surface area contributed by atoms with E-state index in [1.54, 1.807) is 0 Å². The first kappa shape index (κ1) is 14.4. The van der Waals surface area contributed by atoms with E-state index in [0.717, 1.165) is 35.4 Å². The van der Waals surface area contributed by atoms with E-state index in [-0.39, 0.29) is 11.6 Å². The average Bonchev–Trinajstić information content (AvgIpc) is 3.12. The summed E-state index contributed by atoms with van der Waals surface area (Å²) in [6.45, 7) is 0.688. The van der Waals surface area contributed by atoms with Crippen molar-refractivity contribution in [2.45, 2.75) is 25.8 Å². The highest BCUT2D eigenvalue weighted by molar-refractivity contribution is 6.26. The maximum absolute atomic E-state index is 13.0. The van der Waals surface area contributed by atoms with E-state index in [1.807, 2.05) is 42.5 Å². The first-order chi connectivity index (χ1) is 12.3. The van der Waals surface area contributed by atoms with Crippen LogP contribution in [0.2, 0.25) is 0 Å². The van der Waals surface area contributed by atoms with Crippen LogP contribution in [0.25, 0.3) is 11.3 Å². The molecular formula is C22H17NO2. The lowest BCUT2D eigenvalue weighted by atomic mass is 9.92. The molecule has 3 heteroatoms. The Morgan fingerprint density at radius 1 is 0.800 bits per heavy atom. The fourth-order valence-electron chi connectivity index (χ4n) is 4.23. The maximum Gasteiger partial charge on any atom is 0.196 e. The van der Waals surface area contributed by atoms with E-state index in [0.29, 0.717) is 24.1 Å². The highest BCUT2D eigenvalue weighted by Crippen LogP contribution is 2.43. The van der Waals surface area contributed by atoms with Gasteiger partial charge in [-0.25, -0.2) is 0 Å². The molecule has 0 spiro atoms. The van der Waals surface area contributed by atoms with Crippen LogP contribution in [0, 0.1) is 0 Å². The summed E-state index contributed by atoms with van der Waals surface area (Å²) in [5.41, 5.74) is 6.14. The molecule has 0 N–H and O–H groups in total. The Bertz CT molecular complexity index is 1030. The summed E-state index contributed by atoms with van der Waals surface area (Å²) in [6.07, 6.45) is 2.26.